The standard InChI is InChI=1S/C19H13BrF8N6O2S/c1-8(14-32-16(20)33-34(14)17-29-5-11(6-30-17)36-7-13(21)22)31-15(35)9-2-10(18(23,24)25)4-12(3-9)37-19(26,27)28/h2-6,8,13H,7H2,1H3,(H,31,35). The van der Waals surface area contributed by atoms with Crippen LogP contribution in [0.5, 0.6) is 5.75 Å². The van der Waals surface area contributed by atoms with Gasteiger partial charge in [0, 0.05) is 10.5 Å². The SMILES string of the molecule is CC(NC(=O)c1cc(SC(F)(F)F)cc(C(F)(F)F)c1)c1nc(Br)nn1-c1ncc(OCC(F)F)cn1. The molecule has 0 aliphatic carbocycles. The Labute approximate surface area is 215 Å². The molecule has 3 rings (SSSR count). The van der Waals surface area contributed by atoms with Gasteiger partial charge in [-0.05, 0) is 52.8 Å². The molecule has 200 valence electrons. The second-order valence-electron chi connectivity index (χ2n) is 7.06. The molecular weight excluding hydrogens is 608 g/mol. The summed E-state index contributed by atoms with van der Waals surface area (Å²) in [6.45, 7) is 0.495. The van der Waals surface area contributed by atoms with Crippen LogP contribution < -0.4 is 10.1 Å². The van der Waals surface area contributed by atoms with Crippen LogP contribution in [0.4, 0.5) is 35.1 Å². The third-order valence-electron chi connectivity index (χ3n) is 4.25. The molecule has 2 aromatic heterocycles. The molecule has 1 unspecified atom stereocenters. The fourth-order valence-electron chi connectivity index (χ4n) is 2.81. The van der Waals surface area contributed by atoms with Gasteiger partial charge in [-0.2, -0.15) is 31.0 Å². The van der Waals surface area contributed by atoms with Crippen molar-refractivity contribution in [3.63, 3.8) is 0 Å². The highest BCUT2D eigenvalue weighted by molar-refractivity contribution is 9.10. The average Bonchev–Trinajstić information content (AvgIpc) is 3.18. The molecule has 1 amide bonds. The Kier molecular flexibility index (Phi) is 8.61. The van der Waals surface area contributed by atoms with Crippen molar-refractivity contribution in [3.05, 3.63) is 52.3 Å². The first-order valence-electron chi connectivity index (χ1n) is 9.77. The number of carbonyl (C=O) groups is 1. The lowest BCUT2D eigenvalue weighted by molar-refractivity contribution is -0.137. The number of nitrogens with zero attached hydrogens (tertiary/aromatic N) is 5. The van der Waals surface area contributed by atoms with E-state index < -0.39 is 64.5 Å². The minimum absolute atomic E-state index is 0.00755. The number of carbonyl (C=O) groups excluding carboxylic acids is 1. The number of alkyl halides is 8. The zero-order valence-electron chi connectivity index (χ0n) is 18.1. The van der Waals surface area contributed by atoms with E-state index in [-0.39, 0.29) is 28.3 Å². The highest BCUT2D eigenvalue weighted by Crippen LogP contribution is 2.40. The Hall–Kier alpha value is -3.02. The summed E-state index contributed by atoms with van der Waals surface area (Å²) >= 11 is 2.24. The summed E-state index contributed by atoms with van der Waals surface area (Å²) in [5.74, 6) is -1.33. The van der Waals surface area contributed by atoms with Crippen molar-refractivity contribution in [1.29, 1.82) is 0 Å². The van der Waals surface area contributed by atoms with E-state index in [1.54, 1.807) is 0 Å². The van der Waals surface area contributed by atoms with Gasteiger partial charge in [0.25, 0.3) is 18.3 Å². The zero-order chi connectivity index (χ0) is 27.5. The Morgan fingerprint density at radius 2 is 1.78 bits per heavy atom. The Morgan fingerprint density at radius 3 is 2.35 bits per heavy atom. The fraction of sp³-hybridized carbons (Fsp3) is 0.316. The number of aromatic nitrogens is 5. The van der Waals surface area contributed by atoms with Gasteiger partial charge in [-0.25, -0.2) is 23.7 Å². The maximum atomic E-state index is 13.2. The highest BCUT2D eigenvalue weighted by Gasteiger charge is 2.35. The molecule has 37 heavy (non-hydrogen) atoms. The largest absolute Gasteiger partial charge is 0.484 e. The van der Waals surface area contributed by atoms with Crippen LogP contribution in [0.25, 0.3) is 5.95 Å². The quantitative estimate of drug-likeness (QED) is 0.259. The van der Waals surface area contributed by atoms with Crippen LogP contribution in [-0.2, 0) is 6.18 Å². The van der Waals surface area contributed by atoms with Crippen LogP contribution in [0.2, 0.25) is 0 Å². The number of benzene rings is 1. The molecule has 0 fully saturated rings. The molecule has 0 radical (unpaired) electrons. The monoisotopic (exact) mass is 620 g/mol. The normalized spacial score (nSPS) is 13.1. The van der Waals surface area contributed by atoms with Gasteiger partial charge in [0.1, 0.15) is 6.61 Å². The van der Waals surface area contributed by atoms with Crippen molar-refractivity contribution in [1.82, 2.24) is 30.0 Å². The summed E-state index contributed by atoms with van der Waals surface area (Å²) in [6, 6.07) is 0.331. The molecule has 2 heterocycles. The molecule has 1 atom stereocenters. The van der Waals surface area contributed by atoms with E-state index in [2.05, 4.69) is 41.3 Å². The summed E-state index contributed by atoms with van der Waals surface area (Å²) in [5.41, 5.74) is -6.99. The third kappa shape index (κ3) is 7.98. The van der Waals surface area contributed by atoms with Crippen LogP contribution in [-0.4, -0.2) is 49.2 Å². The molecule has 3 aromatic rings. The summed E-state index contributed by atoms with van der Waals surface area (Å²) < 4.78 is 108. The van der Waals surface area contributed by atoms with Crippen molar-refractivity contribution in [2.75, 3.05) is 6.61 Å². The summed E-state index contributed by atoms with van der Waals surface area (Å²) in [4.78, 5) is 23.8. The second kappa shape index (κ2) is 11.2. The molecule has 0 spiro atoms. The lowest BCUT2D eigenvalue weighted by atomic mass is 10.1. The number of amides is 1. The van der Waals surface area contributed by atoms with E-state index in [0.717, 1.165) is 17.1 Å². The molecule has 0 bridgehead atoms. The second-order valence-corrected chi connectivity index (χ2v) is 8.91. The minimum atomic E-state index is -5.00. The number of hydrogen-bond donors (Lipinski definition) is 1. The van der Waals surface area contributed by atoms with Crippen molar-refractivity contribution in [2.24, 2.45) is 0 Å². The molecule has 1 N–H and O–H groups in total. The summed E-state index contributed by atoms with van der Waals surface area (Å²) in [6.07, 6.45) is -5.57. The molecule has 1 aromatic carbocycles. The third-order valence-corrected chi connectivity index (χ3v) is 5.29. The van der Waals surface area contributed by atoms with Crippen LogP contribution in [0.1, 0.15) is 34.7 Å². The van der Waals surface area contributed by atoms with Crippen LogP contribution >= 0.6 is 27.7 Å². The average molecular weight is 621 g/mol. The number of nitrogens with one attached hydrogen (secondary N) is 1. The van der Waals surface area contributed by atoms with Gasteiger partial charge in [0.15, 0.2) is 11.6 Å². The first-order chi connectivity index (χ1) is 17.1. The minimum Gasteiger partial charge on any atom is -0.484 e. The maximum absolute atomic E-state index is 13.2. The summed E-state index contributed by atoms with van der Waals surface area (Å²) in [7, 11) is 0. The first-order valence-corrected chi connectivity index (χ1v) is 11.4. The molecule has 0 saturated carbocycles. The van der Waals surface area contributed by atoms with E-state index in [9.17, 15) is 39.9 Å². The Bertz CT molecular complexity index is 1250. The lowest BCUT2D eigenvalue weighted by Gasteiger charge is -2.16. The molecule has 0 saturated heterocycles. The van der Waals surface area contributed by atoms with E-state index in [1.807, 2.05) is 0 Å². The predicted molar refractivity (Wildman–Crippen MR) is 115 cm³/mol. The van der Waals surface area contributed by atoms with E-state index in [1.165, 1.54) is 6.92 Å². The fourth-order valence-corrected chi connectivity index (χ4v) is 3.79. The summed E-state index contributed by atoms with van der Waals surface area (Å²) in [5, 5.41) is 6.34. The molecule has 18 heteroatoms. The van der Waals surface area contributed by atoms with Gasteiger partial charge < -0.3 is 10.1 Å². The maximum Gasteiger partial charge on any atom is 0.446 e. The smallest absolute Gasteiger partial charge is 0.446 e. The van der Waals surface area contributed by atoms with E-state index >= 15 is 0 Å². The Morgan fingerprint density at radius 1 is 1.14 bits per heavy atom. The topological polar surface area (TPSA) is 94.8 Å². The van der Waals surface area contributed by atoms with E-state index in [0.29, 0.717) is 12.1 Å². The van der Waals surface area contributed by atoms with Gasteiger partial charge in [-0.15, -0.1) is 5.10 Å². The molecule has 0 aliphatic rings. The highest BCUT2D eigenvalue weighted by atomic mass is 79.9. The van der Waals surface area contributed by atoms with Crippen molar-refractivity contribution >= 4 is 33.6 Å². The Balaban J connectivity index is 1.85. The van der Waals surface area contributed by atoms with Gasteiger partial charge in [-0.3, -0.25) is 4.79 Å². The zero-order valence-corrected chi connectivity index (χ0v) is 20.5. The van der Waals surface area contributed by atoms with Crippen LogP contribution in [0, 0.1) is 0 Å². The van der Waals surface area contributed by atoms with Gasteiger partial charge in [-0.1, -0.05) is 0 Å². The number of thioether (sulfide) groups is 1. The van der Waals surface area contributed by atoms with Gasteiger partial charge in [0.05, 0.1) is 24.0 Å². The molecule has 8 nitrogen and oxygen atoms in total. The van der Waals surface area contributed by atoms with Crippen molar-refractivity contribution in [2.45, 2.75) is 36.0 Å². The lowest BCUT2D eigenvalue weighted by Crippen LogP contribution is -2.29. The predicted octanol–water partition coefficient (Wildman–Crippen LogP) is 5.59. The van der Waals surface area contributed by atoms with Crippen LogP contribution in [0.15, 0.2) is 40.2 Å². The van der Waals surface area contributed by atoms with Crippen molar-refractivity contribution in [3.8, 4) is 11.7 Å². The first kappa shape index (κ1) is 28.5. The van der Waals surface area contributed by atoms with Crippen molar-refractivity contribution < 1.29 is 44.7 Å². The number of halogens is 9. The number of ether oxygens (including phenoxy) is 1. The van der Waals surface area contributed by atoms with Gasteiger partial charge in [0.2, 0.25) is 4.73 Å². The van der Waals surface area contributed by atoms with Crippen LogP contribution in [0.3, 0.4) is 0 Å². The molecule has 0 aliphatic heterocycles. The molecular formula is C19H13BrF8N6O2S. The van der Waals surface area contributed by atoms with E-state index in [4.69, 9.17) is 4.74 Å². The number of hydrogen-bond acceptors (Lipinski definition) is 7. The number of rotatable bonds is 8. The van der Waals surface area contributed by atoms with Gasteiger partial charge >= 0.3 is 11.7 Å².